The van der Waals surface area contributed by atoms with Crippen LogP contribution in [0.3, 0.4) is 0 Å². The van der Waals surface area contributed by atoms with Gasteiger partial charge in [-0.15, -0.1) is 0 Å². The number of amides is 1. The van der Waals surface area contributed by atoms with Gasteiger partial charge in [-0.3, -0.25) is 5.32 Å². The van der Waals surface area contributed by atoms with Crippen molar-refractivity contribution in [1.29, 1.82) is 0 Å². The van der Waals surface area contributed by atoms with Crippen molar-refractivity contribution < 1.29 is 19.4 Å². The highest BCUT2D eigenvalue weighted by molar-refractivity contribution is 5.84. The molecular formula is C19H21NO4. The average molecular weight is 327 g/mol. The zero-order valence-electron chi connectivity index (χ0n) is 13.4. The lowest BCUT2D eigenvalue weighted by molar-refractivity contribution is -0.0679. The van der Waals surface area contributed by atoms with Gasteiger partial charge in [0.05, 0.1) is 5.60 Å². The van der Waals surface area contributed by atoms with Crippen LogP contribution in [0.15, 0.2) is 54.6 Å². The molecule has 0 aliphatic carbocycles. The summed E-state index contributed by atoms with van der Waals surface area (Å²) < 4.78 is 10.5. The molecule has 0 bridgehead atoms. The molecule has 1 saturated heterocycles. The minimum atomic E-state index is -0.843. The highest BCUT2D eigenvalue weighted by Crippen LogP contribution is 2.32. The van der Waals surface area contributed by atoms with Gasteiger partial charge in [0.1, 0.15) is 6.61 Å². The number of carbonyl (C=O) groups is 1. The Labute approximate surface area is 141 Å². The number of hydrogen-bond acceptors (Lipinski definition) is 4. The second kappa shape index (κ2) is 7.47. The molecule has 126 valence electrons. The van der Waals surface area contributed by atoms with Gasteiger partial charge in [0, 0.05) is 31.7 Å². The lowest BCUT2D eigenvalue weighted by Gasteiger charge is -2.32. The van der Waals surface area contributed by atoms with E-state index in [0.717, 1.165) is 11.1 Å². The Morgan fingerprint density at radius 3 is 2.42 bits per heavy atom. The summed E-state index contributed by atoms with van der Waals surface area (Å²) in [5, 5.41) is 13.3. The number of hydrogen-bond donors (Lipinski definition) is 2. The first-order valence-electron chi connectivity index (χ1n) is 8.04. The molecule has 5 nitrogen and oxygen atoms in total. The number of nitrogens with one attached hydrogen (secondary N) is 1. The molecule has 1 aliphatic heterocycles. The molecule has 1 aliphatic rings. The van der Waals surface area contributed by atoms with Crippen molar-refractivity contribution >= 4 is 11.8 Å². The van der Waals surface area contributed by atoms with Gasteiger partial charge in [-0.1, -0.05) is 42.5 Å². The summed E-state index contributed by atoms with van der Waals surface area (Å²) in [5.41, 5.74) is 1.57. The molecule has 0 spiro atoms. The molecule has 3 rings (SSSR count). The molecule has 1 heterocycles. The standard InChI is InChI=1S/C19H21NO4/c21-18(24-14-15-4-2-1-3-5-15)20-17-8-6-16(7-9-17)19(22)10-12-23-13-11-19/h1-9,22H,10-14H2,(H,20,21). The Morgan fingerprint density at radius 2 is 1.75 bits per heavy atom. The topological polar surface area (TPSA) is 67.8 Å². The Morgan fingerprint density at radius 1 is 1.08 bits per heavy atom. The highest BCUT2D eigenvalue weighted by Gasteiger charge is 2.31. The molecule has 2 aromatic rings. The van der Waals surface area contributed by atoms with Crippen molar-refractivity contribution in [1.82, 2.24) is 0 Å². The lowest BCUT2D eigenvalue weighted by Crippen LogP contribution is -2.33. The van der Waals surface area contributed by atoms with Crippen molar-refractivity contribution in [2.75, 3.05) is 18.5 Å². The average Bonchev–Trinajstić information content (AvgIpc) is 2.62. The fraction of sp³-hybridized carbons (Fsp3) is 0.316. The van der Waals surface area contributed by atoms with Crippen molar-refractivity contribution in [3.63, 3.8) is 0 Å². The third kappa shape index (κ3) is 4.13. The maximum atomic E-state index is 11.8. The normalized spacial score (nSPS) is 16.4. The van der Waals surface area contributed by atoms with Crippen LogP contribution < -0.4 is 5.32 Å². The van der Waals surface area contributed by atoms with Gasteiger partial charge in [-0.25, -0.2) is 4.79 Å². The molecule has 0 aromatic heterocycles. The summed E-state index contributed by atoms with van der Waals surface area (Å²) in [5.74, 6) is 0. The summed E-state index contributed by atoms with van der Waals surface area (Å²) in [4.78, 5) is 11.8. The summed E-state index contributed by atoms with van der Waals surface area (Å²) in [7, 11) is 0. The van der Waals surface area contributed by atoms with E-state index in [1.54, 1.807) is 12.1 Å². The highest BCUT2D eigenvalue weighted by atomic mass is 16.5. The Hall–Kier alpha value is -2.37. The fourth-order valence-electron chi connectivity index (χ4n) is 2.74. The minimum absolute atomic E-state index is 0.227. The minimum Gasteiger partial charge on any atom is -0.444 e. The quantitative estimate of drug-likeness (QED) is 0.903. The summed E-state index contributed by atoms with van der Waals surface area (Å²) in [6.45, 7) is 1.34. The smallest absolute Gasteiger partial charge is 0.411 e. The predicted molar refractivity (Wildman–Crippen MR) is 90.6 cm³/mol. The van der Waals surface area contributed by atoms with Crippen LogP contribution in [0.2, 0.25) is 0 Å². The lowest BCUT2D eigenvalue weighted by atomic mass is 9.86. The summed E-state index contributed by atoms with van der Waals surface area (Å²) >= 11 is 0. The molecule has 2 N–H and O–H groups in total. The van der Waals surface area contributed by atoms with Gasteiger partial charge in [0.25, 0.3) is 0 Å². The van der Waals surface area contributed by atoms with Crippen LogP contribution in [-0.2, 0) is 21.7 Å². The first-order valence-corrected chi connectivity index (χ1v) is 8.04. The Balaban J connectivity index is 1.55. The first kappa shape index (κ1) is 16.5. The van der Waals surface area contributed by atoms with Crippen LogP contribution >= 0.6 is 0 Å². The van der Waals surface area contributed by atoms with E-state index in [1.807, 2.05) is 42.5 Å². The van der Waals surface area contributed by atoms with Gasteiger partial charge in [-0.2, -0.15) is 0 Å². The van der Waals surface area contributed by atoms with Crippen molar-refractivity contribution in [3.8, 4) is 0 Å². The van der Waals surface area contributed by atoms with Crippen molar-refractivity contribution in [2.45, 2.75) is 25.0 Å². The molecule has 0 unspecified atom stereocenters. The molecule has 5 heteroatoms. The molecule has 0 atom stereocenters. The molecular weight excluding hydrogens is 306 g/mol. The van der Waals surface area contributed by atoms with E-state index in [0.29, 0.717) is 31.7 Å². The second-order valence-electron chi connectivity index (χ2n) is 5.91. The second-order valence-corrected chi connectivity index (χ2v) is 5.91. The Bertz CT molecular complexity index is 664. The van der Waals surface area contributed by atoms with Gasteiger partial charge in [0.15, 0.2) is 0 Å². The largest absolute Gasteiger partial charge is 0.444 e. The maximum Gasteiger partial charge on any atom is 0.411 e. The number of carbonyl (C=O) groups excluding carboxylic acids is 1. The van der Waals surface area contributed by atoms with E-state index in [2.05, 4.69) is 5.32 Å². The van der Waals surface area contributed by atoms with Crippen LogP contribution in [-0.4, -0.2) is 24.4 Å². The molecule has 0 radical (unpaired) electrons. The maximum absolute atomic E-state index is 11.8. The van der Waals surface area contributed by atoms with Gasteiger partial charge in [-0.05, 0) is 23.3 Å². The van der Waals surface area contributed by atoms with E-state index in [1.165, 1.54) is 0 Å². The van der Waals surface area contributed by atoms with Crippen molar-refractivity contribution in [2.24, 2.45) is 0 Å². The Kier molecular flexibility index (Phi) is 5.13. The molecule has 1 fully saturated rings. The zero-order chi connectivity index (χ0) is 16.8. The van der Waals surface area contributed by atoms with Crippen LogP contribution in [0, 0.1) is 0 Å². The third-order valence-corrected chi connectivity index (χ3v) is 4.20. The number of aliphatic hydroxyl groups is 1. The summed E-state index contributed by atoms with van der Waals surface area (Å²) in [6.07, 6.45) is 0.661. The van der Waals surface area contributed by atoms with E-state index in [-0.39, 0.29) is 6.61 Å². The number of benzene rings is 2. The van der Waals surface area contributed by atoms with Gasteiger partial charge in [0.2, 0.25) is 0 Å². The first-order chi connectivity index (χ1) is 11.7. The zero-order valence-corrected chi connectivity index (χ0v) is 13.4. The van der Waals surface area contributed by atoms with Gasteiger partial charge >= 0.3 is 6.09 Å². The van der Waals surface area contributed by atoms with E-state index in [9.17, 15) is 9.90 Å². The van der Waals surface area contributed by atoms with Crippen LogP contribution in [0.5, 0.6) is 0 Å². The molecule has 0 saturated carbocycles. The number of ether oxygens (including phenoxy) is 2. The van der Waals surface area contributed by atoms with Gasteiger partial charge < -0.3 is 14.6 Å². The number of anilines is 1. The fourth-order valence-corrected chi connectivity index (χ4v) is 2.74. The van der Waals surface area contributed by atoms with Crippen LogP contribution in [0.4, 0.5) is 10.5 Å². The third-order valence-electron chi connectivity index (χ3n) is 4.20. The summed E-state index contributed by atoms with van der Waals surface area (Å²) in [6, 6.07) is 16.7. The molecule has 1 amide bonds. The monoisotopic (exact) mass is 327 g/mol. The number of rotatable bonds is 4. The predicted octanol–water partition coefficient (Wildman–Crippen LogP) is 3.43. The van der Waals surface area contributed by atoms with E-state index >= 15 is 0 Å². The molecule has 24 heavy (non-hydrogen) atoms. The SMILES string of the molecule is O=C(Nc1ccc(C2(O)CCOCC2)cc1)OCc1ccccc1. The van der Waals surface area contributed by atoms with E-state index < -0.39 is 11.7 Å². The van der Waals surface area contributed by atoms with Crippen LogP contribution in [0.1, 0.15) is 24.0 Å². The van der Waals surface area contributed by atoms with E-state index in [4.69, 9.17) is 9.47 Å². The molecule has 2 aromatic carbocycles. The van der Waals surface area contributed by atoms with Crippen LogP contribution in [0.25, 0.3) is 0 Å². The van der Waals surface area contributed by atoms with Crippen molar-refractivity contribution in [3.05, 3.63) is 65.7 Å².